The van der Waals surface area contributed by atoms with Crippen molar-refractivity contribution in [3.05, 3.63) is 0 Å². The van der Waals surface area contributed by atoms with Crippen molar-refractivity contribution < 1.29 is 19.4 Å². The molecular weight excluding hydrogens is 260 g/mol. The van der Waals surface area contributed by atoms with Gasteiger partial charge in [-0.05, 0) is 40.5 Å². The molecule has 0 aromatic heterocycles. The topological polar surface area (TPSA) is 78.9 Å². The van der Waals surface area contributed by atoms with Gasteiger partial charge in [0.25, 0.3) is 0 Å². The Hall–Kier alpha value is -1.30. The number of nitrogens with one attached hydrogen (secondary N) is 1. The number of urea groups is 1. The number of likely N-dealkylation sites (tertiary alicyclic amines) is 1. The van der Waals surface area contributed by atoms with Gasteiger partial charge in [-0.15, -0.1) is 0 Å². The molecule has 0 spiro atoms. The quantitative estimate of drug-likeness (QED) is 0.822. The highest BCUT2D eigenvalue weighted by Gasteiger charge is 2.46. The summed E-state index contributed by atoms with van der Waals surface area (Å²) in [6.45, 7) is 7.91. The van der Waals surface area contributed by atoms with Crippen molar-refractivity contribution in [3.8, 4) is 0 Å². The maximum atomic E-state index is 12.4. The molecule has 0 saturated carbocycles. The first-order valence-electron chi connectivity index (χ1n) is 7.09. The van der Waals surface area contributed by atoms with E-state index >= 15 is 0 Å². The van der Waals surface area contributed by atoms with E-state index in [1.165, 1.54) is 0 Å². The molecule has 2 aliphatic rings. The Kier molecular flexibility index (Phi) is 3.71. The van der Waals surface area contributed by atoms with E-state index in [1.54, 1.807) is 32.6 Å². The molecule has 0 radical (unpaired) electrons. The molecule has 2 rings (SSSR count). The molecule has 2 amide bonds. The van der Waals surface area contributed by atoms with Crippen LogP contribution in [0.3, 0.4) is 0 Å². The number of aliphatic carboxylic acids is 1. The standard InChI is InChI=1S/C14H24N2O4/c1-13(2,11(17)18)14(3,4)15-12(19)16-7-9-5-6-10(8-16)20-9/h9-10H,5-8H2,1-4H3,(H,15,19)(H,17,18). The van der Waals surface area contributed by atoms with E-state index in [4.69, 9.17) is 4.74 Å². The van der Waals surface area contributed by atoms with Gasteiger partial charge in [0, 0.05) is 13.1 Å². The van der Waals surface area contributed by atoms with Gasteiger partial charge >= 0.3 is 12.0 Å². The summed E-state index contributed by atoms with van der Waals surface area (Å²) in [7, 11) is 0. The molecule has 2 bridgehead atoms. The second-order valence-electron chi connectivity index (χ2n) is 6.85. The van der Waals surface area contributed by atoms with E-state index in [0.29, 0.717) is 13.1 Å². The molecule has 2 aliphatic heterocycles. The lowest BCUT2D eigenvalue weighted by Gasteiger charge is -2.41. The lowest BCUT2D eigenvalue weighted by Crippen LogP contribution is -2.61. The molecule has 2 fully saturated rings. The zero-order valence-electron chi connectivity index (χ0n) is 12.6. The maximum absolute atomic E-state index is 12.4. The summed E-state index contributed by atoms with van der Waals surface area (Å²) in [5, 5.41) is 12.2. The van der Waals surface area contributed by atoms with Crippen molar-refractivity contribution in [2.75, 3.05) is 13.1 Å². The SMILES string of the molecule is CC(C)(NC(=O)N1CC2CCC(C1)O2)C(C)(C)C(=O)O. The van der Waals surface area contributed by atoms with Gasteiger partial charge in [-0.2, -0.15) is 0 Å². The molecule has 6 nitrogen and oxygen atoms in total. The summed E-state index contributed by atoms with van der Waals surface area (Å²) < 4.78 is 5.70. The minimum atomic E-state index is -1.05. The third kappa shape index (κ3) is 2.61. The summed E-state index contributed by atoms with van der Waals surface area (Å²) in [4.78, 5) is 25.5. The van der Waals surface area contributed by atoms with Gasteiger partial charge in [0.2, 0.25) is 0 Å². The summed E-state index contributed by atoms with van der Waals surface area (Å²) in [6.07, 6.45) is 2.27. The number of carbonyl (C=O) groups is 2. The number of amides is 2. The van der Waals surface area contributed by atoms with E-state index in [0.717, 1.165) is 12.8 Å². The van der Waals surface area contributed by atoms with Gasteiger partial charge in [0.1, 0.15) is 0 Å². The molecule has 2 heterocycles. The molecule has 0 aliphatic carbocycles. The van der Waals surface area contributed by atoms with Crippen LogP contribution >= 0.6 is 0 Å². The Balaban J connectivity index is 2.02. The highest BCUT2D eigenvalue weighted by molar-refractivity contribution is 5.79. The van der Waals surface area contributed by atoms with Gasteiger partial charge < -0.3 is 20.1 Å². The predicted octanol–water partition coefficient (Wildman–Crippen LogP) is 1.45. The highest BCUT2D eigenvalue weighted by atomic mass is 16.5. The Morgan fingerprint density at radius 2 is 1.65 bits per heavy atom. The molecule has 0 aromatic rings. The van der Waals surface area contributed by atoms with Crippen LogP contribution in [0.4, 0.5) is 4.79 Å². The third-order valence-corrected chi connectivity index (χ3v) is 4.85. The Labute approximate surface area is 119 Å². The normalized spacial score (nSPS) is 26.5. The van der Waals surface area contributed by atoms with Crippen LogP contribution in [-0.4, -0.2) is 52.8 Å². The minimum Gasteiger partial charge on any atom is -0.481 e. The molecule has 2 unspecified atom stereocenters. The van der Waals surface area contributed by atoms with Gasteiger partial charge in [-0.1, -0.05) is 0 Å². The lowest BCUT2D eigenvalue weighted by molar-refractivity contribution is -0.150. The molecular formula is C14H24N2O4. The number of carboxylic acid groups (broad SMARTS) is 1. The fraction of sp³-hybridized carbons (Fsp3) is 0.857. The Morgan fingerprint density at radius 3 is 2.10 bits per heavy atom. The first-order valence-corrected chi connectivity index (χ1v) is 7.09. The minimum absolute atomic E-state index is 0.134. The molecule has 2 N–H and O–H groups in total. The van der Waals surface area contributed by atoms with Crippen LogP contribution in [0.25, 0.3) is 0 Å². The van der Waals surface area contributed by atoms with Crippen molar-refractivity contribution in [2.45, 2.75) is 58.3 Å². The van der Waals surface area contributed by atoms with Crippen LogP contribution in [0.2, 0.25) is 0 Å². The first-order chi connectivity index (χ1) is 9.13. The molecule has 2 saturated heterocycles. The van der Waals surface area contributed by atoms with E-state index in [9.17, 15) is 14.7 Å². The van der Waals surface area contributed by atoms with Crippen LogP contribution in [0.15, 0.2) is 0 Å². The number of carbonyl (C=O) groups excluding carboxylic acids is 1. The smallest absolute Gasteiger partial charge is 0.318 e. The predicted molar refractivity (Wildman–Crippen MR) is 73.5 cm³/mol. The van der Waals surface area contributed by atoms with Crippen molar-refractivity contribution in [3.63, 3.8) is 0 Å². The average Bonchev–Trinajstić information content (AvgIpc) is 2.67. The van der Waals surface area contributed by atoms with Crippen molar-refractivity contribution in [2.24, 2.45) is 5.41 Å². The van der Waals surface area contributed by atoms with Crippen molar-refractivity contribution in [1.29, 1.82) is 0 Å². The van der Waals surface area contributed by atoms with E-state index in [1.807, 2.05) is 0 Å². The number of ether oxygens (including phenoxy) is 1. The Morgan fingerprint density at radius 1 is 1.15 bits per heavy atom. The van der Waals surface area contributed by atoms with Crippen LogP contribution in [-0.2, 0) is 9.53 Å². The van der Waals surface area contributed by atoms with Gasteiger partial charge in [-0.3, -0.25) is 4.79 Å². The summed E-state index contributed by atoms with van der Waals surface area (Å²) in [5.74, 6) is -0.926. The van der Waals surface area contributed by atoms with Gasteiger partial charge in [-0.25, -0.2) is 4.79 Å². The number of hydrogen-bond donors (Lipinski definition) is 2. The van der Waals surface area contributed by atoms with E-state index < -0.39 is 16.9 Å². The third-order valence-electron chi connectivity index (χ3n) is 4.85. The van der Waals surface area contributed by atoms with Gasteiger partial charge in [0.05, 0.1) is 23.2 Å². The molecule has 2 atom stereocenters. The van der Waals surface area contributed by atoms with Gasteiger partial charge in [0.15, 0.2) is 0 Å². The zero-order valence-corrected chi connectivity index (χ0v) is 12.6. The molecule has 0 aromatic carbocycles. The fourth-order valence-corrected chi connectivity index (χ4v) is 2.55. The average molecular weight is 284 g/mol. The van der Waals surface area contributed by atoms with Crippen LogP contribution in [0.5, 0.6) is 0 Å². The maximum Gasteiger partial charge on any atom is 0.318 e. The number of hydrogen-bond acceptors (Lipinski definition) is 3. The monoisotopic (exact) mass is 284 g/mol. The second-order valence-corrected chi connectivity index (χ2v) is 6.85. The molecule has 20 heavy (non-hydrogen) atoms. The number of nitrogens with zero attached hydrogens (tertiary/aromatic N) is 1. The van der Waals surface area contributed by atoms with E-state index in [-0.39, 0.29) is 18.2 Å². The molecule has 6 heteroatoms. The first kappa shape index (κ1) is 15.1. The van der Waals surface area contributed by atoms with E-state index in [2.05, 4.69) is 5.32 Å². The number of morpholine rings is 1. The summed E-state index contributed by atoms with van der Waals surface area (Å²) in [5.41, 5.74) is -1.89. The summed E-state index contributed by atoms with van der Waals surface area (Å²) in [6, 6.07) is -0.204. The largest absolute Gasteiger partial charge is 0.481 e. The van der Waals surface area contributed by atoms with Crippen LogP contribution < -0.4 is 5.32 Å². The lowest BCUT2D eigenvalue weighted by atomic mass is 9.74. The molecule has 114 valence electrons. The summed E-state index contributed by atoms with van der Waals surface area (Å²) >= 11 is 0. The fourth-order valence-electron chi connectivity index (χ4n) is 2.55. The number of rotatable bonds is 3. The van der Waals surface area contributed by atoms with Crippen LogP contribution in [0, 0.1) is 5.41 Å². The van der Waals surface area contributed by atoms with Crippen molar-refractivity contribution >= 4 is 12.0 Å². The zero-order chi connectivity index (χ0) is 15.1. The highest BCUT2D eigenvalue weighted by Crippen LogP contribution is 2.32. The number of fused-ring (bicyclic) bond motifs is 2. The van der Waals surface area contributed by atoms with Crippen molar-refractivity contribution in [1.82, 2.24) is 10.2 Å². The second kappa shape index (κ2) is 4.91. The van der Waals surface area contributed by atoms with Crippen LogP contribution in [0.1, 0.15) is 40.5 Å². The number of carboxylic acids is 1. The Bertz CT molecular complexity index is 407.